The molecule has 25 heavy (non-hydrogen) atoms. The van der Waals surface area contributed by atoms with Gasteiger partial charge in [0.1, 0.15) is 5.76 Å². The number of methoxy groups -OCH3 is 1. The summed E-state index contributed by atoms with van der Waals surface area (Å²) in [4.78, 5) is 27.9. The number of nitrogens with zero attached hydrogens (tertiary/aromatic N) is 1. The van der Waals surface area contributed by atoms with E-state index in [1.54, 1.807) is 6.20 Å². The number of benzene rings is 1. The number of esters is 1. The Hall–Kier alpha value is -2.63. The zero-order chi connectivity index (χ0) is 17.6. The van der Waals surface area contributed by atoms with Crippen molar-refractivity contribution in [1.82, 2.24) is 10.3 Å². The second-order valence-electron chi connectivity index (χ2n) is 6.34. The van der Waals surface area contributed by atoms with Crippen molar-refractivity contribution in [2.45, 2.75) is 38.1 Å². The monoisotopic (exact) mass is 342 g/mol. The SMILES string of the molecule is COC(=O)C1CCC(NC(=O)c2ncc(Cc3ccccc3)o2)CC1. The van der Waals surface area contributed by atoms with E-state index >= 15 is 0 Å². The Morgan fingerprint density at radius 3 is 2.60 bits per heavy atom. The van der Waals surface area contributed by atoms with Crippen LogP contribution in [0.4, 0.5) is 0 Å². The third kappa shape index (κ3) is 4.47. The van der Waals surface area contributed by atoms with Crippen LogP contribution >= 0.6 is 0 Å². The van der Waals surface area contributed by atoms with Crippen molar-refractivity contribution < 1.29 is 18.7 Å². The van der Waals surface area contributed by atoms with Crippen LogP contribution in [-0.4, -0.2) is 30.0 Å². The molecular weight excluding hydrogens is 320 g/mol. The lowest BCUT2D eigenvalue weighted by atomic mass is 9.86. The van der Waals surface area contributed by atoms with Gasteiger partial charge in [0.15, 0.2) is 0 Å². The first-order chi connectivity index (χ1) is 12.2. The molecule has 1 aromatic heterocycles. The summed E-state index contributed by atoms with van der Waals surface area (Å²) >= 11 is 0. The van der Waals surface area contributed by atoms with Crippen molar-refractivity contribution in [1.29, 1.82) is 0 Å². The maximum Gasteiger partial charge on any atom is 0.308 e. The topological polar surface area (TPSA) is 81.4 Å². The molecule has 0 saturated heterocycles. The molecule has 6 heteroatoms. The van der Waals surface area contributed by atoms with Crippen molar-refractivity contribution in [3.63, 3.8) is 0 Å². The molecule has 3 rings (SSSR count). The minimum Gasteiger partial charge on any atom is -0.469 e. The maximum atomic E-state index is 12.3. The molecule has 1 aromatic carbocycles. The molecule has 1 fully saturated rings. The molecular formula is C19H22N2O4. The molecule has 6 nitrogen and oxygen atoms in total. The predicted molar refractivity (Wildman–Crippen MR) is 91.0 cm³/mol. The van der Waals surface area contributed by atoms with Gasteiger partial charge in [-0.05, 0) is 31.2 Å². The van der Waals surface area contributed by atoms with E-state index in [1.807, 2.05) is 30.3 Å². The first-order valence-corrected chi connectivity index (χ1v) is 8.53. The fourth-order valence-electron chi connectivity index (χ4n) is 3.18. The lowest BCUT2D eigenvalue weighted by Gasteiger charge is -2.27. The summed E-state index contributed by atoms with van der Waals surface area (Å²) in [6, 6.07) is 9.92. The number of hydrogen-bond donors (Lipinski definition) is 1. The van der Waals surface area contributed by atoms with Crippen LogP contribution in [0.5, 0.6) is 0 Å². The molecule has 0 unspecified atom stereocenters. The number of rotatable bonds is 5. The molecule has 1 saturated carbocycles. The molecule has 1 N–H and O–H groups in total. The highest BCUT2D eigenvalue weighted by Gasteiger charge is 2.28. The molecule has 0 atom stereocenters. The highest BCUT2D eigenvalue weighted by atomic mass is 16.5. The first-order valence-electron chi connectivity index (χ1n) is 8.53. The molecule has 1 aliphatic rings. The average Bonchev–Trinajstić information content (AvgIpc) is 3.11. The first kappa shape index (κ1) is 17.2. The Bertz CT molecular complexity index is 718. The number of nitrogens with one attached hydrogen (secondary N) is 1. The Morgan fingerprint density at radius 1 is 1.20 bits per heavy atom. The van der Waals surface area contributed by atoms with Gasteiger partial charge < -0.3 is 14.5 Å². The number of amides is 1. The molecule has 1 amide bonds. The summed E-state index contributed by atoms with van der Waals surface area (Å²) in [7, 11) is 1.41. The summed E-state index contributed by atoms with van der Waals surface area (Å²) in [6.07, 6.45) is 5.15. The highest BCUT2D eigenvalue weighted by molar-refractivity contribution is 5.89. The second-order valence-corrected chi connectivity index (χ2v) is 6.34. The van der Waals surface area contributed by atoms with E-state index in [4.69, 9.17) is 9.15 Å². The van der Waals surface area contributed by atoms with E-state index in [0.717, 1.165) is 31.2 Å². The van der Waals surface area contributed by atoms with Crippen LogP contribution in [0.2, 0.25) is 0 Å². The number of hydrogen-bond acceptors (Lipinski definition) is 5. The van der Waals surface area contributed by atoms with Crippen LogP contribution in [0, 0.1) is 5.92 Å². The molecule has 0 aliphatic heterocycles. The van der Waals surface area contributed by atoms with E-state index < -0.39 is 0 Å². The van der Waals surface area contributed by atoms with Crippen molar-refractivity contribution >= 4 is 11.9 Å². The summed E-state index contributed by atoms with van der Waals surface area (Å²) in [5, 5.41) is 2.94. The molecule has 1 heterocycles. The van der Waals surface area contributed by atoms with Crippen LogP contribution in [-0.2, 0) is 16.0 Å². The Kier molecular flexibility index (Phi) is 5.48. The third-order valence-corrected chi connectivity index (χ3v) is 4.57. The summed E-state index contributed by atoms with van der Waals surface area (Å²) in [6.45, 7) is 0. The van der Waals surface area contributed by atoms with Crippen LogP contribution in [0.3, 0.4) is 0 Å². The van der Waals surface area contributed by atoms with Crippen LogP contribution < -0.4 is 5.32 Å². The van der Waals surface area contributed by atoms with Crippen molar-refractivity contribution in [3.8, 4) is 0 Å². The standard InChI is InChI=1S/C19H22N2O4/c1-24-19(23)14-7-9-15(10-8-14)21-17(22)18-20-12-16(25-18)11-13-5-3-2-4-6-13/h2-6,12,14-15H,7-11H2,1H3,(H,21,22). The van der Waals surface area contributed by atoms with E-state index in [0.29, 0.717) is 12.2 Å². The van der Waals surface area contributed by atoms with E-state index in [2.05, 4.69) is 10.3 Å². The second kappa shape index (κ2) is 7.96. The average molecular weight is 342 g/mol. The summed E-state index contributed by atoms with van der Waals surface area (Å²) in [5.74, 6) is 0.216. The van der Waals surface area contributed by atoms with Crippen molar-refractivity contribution in [3.05, 3.63) is 53.7 Å². The van der Waals surface area contributed by atoms with Gasteiger partial charge in [0.05, 0.1) is 19.2 Å². The number of carbonyl (C=O) groups excluding carboxylic acids is 2. The van der Waals surface area contributed by atoms with Crippen molar-refractivity contribution in [2.75, 3.05) is 7.11 Å². The maximum absolute atomic E-state index is 12.3. The molecule has 0 spiro atoms. The lowest BCUT2D eigenvalue weighted by molar-refractivity contribution is -0.146. The fourth-order valence-corrected chi connectivity index (χ4v) is 3.18. The van der Waals surface area contributed by atoms with Gasteiger partial charge in [0.2, 0.25) is 0 Å². The van der Waals surface area contributed by atoms with E-state index in [-0.39, 0.29) is 29.7 Å². The summed E-state index contributed by atoms with van der Waals surface area (Å²) < 4.78 is 10.3. The zero-order valence-electron chi connectivity index (χ0n) is 14.2. The number of ether oxygens (including phenoxy) is 1. The smallest absolute Gasteiger partial charge is 0.308 e. The Balaban J connectivity index is 1.52. The Labute approximate surface area is 146 Å². The third-order valence-electron chi connectivity index (χ3n) is 4.57. The number of oxazole rings is 1. The Morgan fingerprint density at radius 2 is 1.92 bits per heavy atom. The lowest BCUT2D eigenvalue weighted by Crippen LogP contribution is -2.39. The van der Waals surface area contributed by atoms with Gasteiger partial charge in [0.25, 0.3) is 5.89 Å². The van der Waals surface area contributed by atoms with E-state index in [1.165, 1.54) is 7.11 Å². The van der Waals surface area contributed by atoms with Crippen molar-refractivity contribution in [2.24, 2.45) is 5.92 Å². The quantitative estimate of drug-likeness (QED) is 0.845. The number of aromatic nitrogens is 1. The van der Waals surface area contributed by atoms with Crippen LogP contribution in [0.1, 0.15) is 47.7 Å². The summed E-state index contributed by atoms with van der Waals surface area (Å²) in [5.41, 5.74) is 1.10. The minimum absolute atomic E-state index is 0.0397. The highest BCUT2D eigenvalue weighted by Crippen LogP contribution is 2.25. The molecule has 132 valence electrons. The van der Waals surface area contributed by atoms with Gasteiger partial charge >= 0.3 is 11.9 Å². The normalized spacial score (nSPS) is 20.0. The molecule has 1 aliphatic carbocycles. The van der Waals surface area contributed by atoms with Crippen LogP contribution in [0.25, 0.3) is 0 Å². The van der Waals surface area contributed by atoms with Gasteiger partial charge in [-0.2, -0.15) is 0 Å². The van der Waals surface area contributed by atoms with Gasteiger partial charge in [-0.3, -0.25) is 9.59 Å². The molecule has 0 radical (unpaired) electrons. The van der Waals surface area contributed by atoms with E-state index in [9.17, 15) is 9.59 Å². The largest absolute Gasteiger partial charge is 0.469 e. The molecule has 0 bridgehead atoms. The number of carbonyl (C=O) groups is 2. The minimum atomic E-state index is -0.305. The van der Waals surface area contributed by atoms with Gasteiger partial charge in [0, 0.05) is 12.5 Å². The van der Waals surface area contributed by atoms with Gasteiger partial charge in [-0.1, -0.05) is 30.3 Å². The predicted octanol–water partition coefficient (Wildman–Crippen LogP) is 2.73. The van der Waals surface area contributed by atoms with Gasteiger partial charge in [-0.25, -0.2) is 4.98 Å². The van der Waals surface area contributed by atoms with Crippen LogP contribution in [0.15, 0.2) is 40.9 Å². The molecule has 2 aromatic rings. The zero-order valence-corrected chi connectivity index (χ0v) is 14.2. The van der Waals surface area contributed by atoms with Gasteiger partial charge in [-0.15, -0.1) is 0 Å². The fraction of sp³-hybridized carbons (Fsp3) is 0.421.